The number of aromatic hydroxyl groups is 1. The number of benzene rings is 2. The van der Waals surface area contributed by atoms with Gasteiger partial charge in [-0.05, 0) is 61.1 Å². The molecular formula is C29H35NO5. The molecule has 1 heterocycles. The topological polar surface area (TPSA) is 87.1 Å². The molecule has 6 nitrogen and oxygen atoms in total. The van der Waals surface area contributed by atoms with E-state index in [1.165, 1.54) is 0 Å². The molecule has 2 N–H and O–H groups in total. The molecular weight excluding hydrogens is 442 g/mol. The first-order valence-corrected chi connectivity index (χ1v) is 12.5. The summed E-state index contributed by atoms with van der Waals surface area (Å²) < 4.78 is 5.81. The molecule has 186 valence electrons. The van der Waals surface area contributed by atoms with Crippen molar-refractivity contribution in [3.8, 4) is 11.5 Å². The van der Waals surface area contributed by atoms with Crippen molar-refractivity contribution >= 4 is 17.4 Å². The highest BCUT2D eigenvalue weighted by Crippen LogP contribution is 2.44. The average Bonchev–Trinajstić information content (AvgIpc) is 3.09. The van der Waals surface area contributed by atoms with Crippen LogP contribution in [0.5, 0.6) is 11.5 Å². The Hall–Kier alpha value is -3.28. The van der Waals surface area contributed by atoms with E-state index in [9.17, 15) is 19.8 Å². The lowest BCUT2D eigenvalue weighted by Crippen LogP contribution is -2.40. The van der Waals surface area contributed by atoms with E-state index in [1.807, 2.05) is 13.0 Å². The van der Waals surface area contributed by atoms with Gasteiger partial charge in [0.2, 0.25) is 0 Å². The van der Waals surface area contributed by atoms with E-state index in [0.29, 0.717) is 17.7 Å². The Labute approximate surface area is 207 Å². The quantitative estimate of drug-likeness (QED) is 0.321. The highest BCUT2D eigenvalue weighted by atomic mass is 16.5. The summed E-state index contributed by atoms with van der Waals surface area (Å²) in [6, 6.07) is 11.1. The molecule has 1 atom stereocenters. The minimum atomic E-state index is -0.755. The van der Waals surface area contributed by atoms with E-state index in [4.69, 9.17) is 4.74 Å². The second kappa shape index (κ2) is 9.76. The van der Waals surface area contributed by atoms with Crippen LogP contribution in [0.15, 0.2) is 48.0 Å². The van der Waals surface area contributed by atoms with Crippen LogP contribution < -0.4 is 4.74 Å². The van der Waals surface area contributed by atoms with E-state index in [-0.39, 0.29) is 28.5 Å². The Bertz CT molecular complexity index is 1150. The summed E-state index contributed by atoms with van der Waals surface area (Å²) in [5, 5.41) is 21.7. The third kappa shape index (κ3) is 4.79. The van der Waals surface area contributed by atoms with Crippen LogP contribution in [0.3, 0.4) is 0 Å². The number of aliphatic hydroxyl groups is 1. The fourth-order valence-corrected chi connectivity index (χ4v) is 5.31. The van der Waals surface area contributed by atoms with Crippen LogP contribution in [-0.2, 0) is 15.0 Å². The van der Waals surface area contributed by atoms with Crippen LogP contribution >= 0.6 is 0 Å². The van der Waals surface area contributed by atoms with E-state index < -0.39 is 17.7 Å². The predicted molar refractivity (Wildman–Crippen MR) is 135 cm³/mol. The van der Waals surface area contributed by atoms with Crippen molar-refractivity contribution in [3.63, 3.8) is 0 Å². The van der Waals surface area contributed by atoms with Gasteiger partial charge < -0.3 is 19.8 Å². The third-order valence-corrected chi connectivity index (χ3v) is 6.99. The molecule has 1 amide bonds. The summed E-state index contributed by atoms with van der Waals surface area (Å²) in [4.78, 5) is 28.4. The Morgan fingerprint density at radius 3 is 2.40 bits per heavy atom. The molecule has 1 unspecified atom stereocenters. The van der Waals surface area contributed by atoms with Crippen molar-refractivity contribution < 1.29 is 24.5 Å². The highest BCUT2D eigenvalue weighted by molar-refractivity contribution is 6.46. The lowest BCUT2D eigenvalue weighted by molar-refractivity contribution is -0.141. The van der Waals surface area contributed by atoms with Gasteiger partial charge in [-0.25, -0.2) is 0 Å². The molecule has 4 rings (SSSR count). The van der Waals surface area contributed by atoms with Crippen molar-refractivity contribution in [1.29, 1.82) is 0 Å². The number of carbonyl (C=O) groups excluding carboxylic acids is 2. The van der Waals surface area contributed by atoms with Crippen molar-refractivity contribution in [1.82, 2.24) is 4.90 Å². The summed E-state index contributed by atoms with van der Waals surface area (Å²) in [5.74, 6) is -0.707. The minimum Gasteiger partial charge on any atom is -0.508 e. The Morgan fingerprint density at radius 2 is 1.77 bits per heavy atom. The number of hydrogen-bond donors (Lipinski definition) is 2. The standard InChI is InChI=1S/C29H35NO5/c1-5-35-23-15-14-19(17-22(23)29(2,3)4)26(32)24-25(18-10-9-13-21(31)16-18)30(28(34)27(24)33)20-11-7-6-8-12-20/h9-10,13-17,20,25,31-32H,5-8,11-12H2,1-4H3/b26-24-. The first-order valence-electron chi connectivity index (χ1n) is 12.5. The maximum atomic E-state index is 13.4. The summed E-state index contributed by atoms with van der Waals surface area (Å²) in [7, 11) is 0. The molecule has 2 aromatic carbocycles. The largest absolute Gasteiger partial charge is 0.508 e. The van der Waals surface area contributed by atoms with E-state index in [2.05, 4.69) is 20.8 Å². The number of rotatable bonds is 5. The predicted octanol–water partition coefficient (Wildman–Crippen LogP) is 5.84. The molecule has 1 saturated heterocycles. The van der Waals surface area contributed by atoms with Gasteiger partial charge in [-0.2, -0.15) is 0 Å². The Morgan fingerprint density at radius 1 is 1.06 bits per heavy atom. The first-order chi connectivity index (χ1) is 16.6. The number of phenols is 1. The van der Waals surface area contributed by atoms with E-state index in [1.54, 1.807) is 41.3 Å². The molecule has 6 heteroatoms. The zero-order chi connectivity index (χ0) is 25.3. The molecule has 1 aliphatic carbocycles. The first kappa shape index (κ1) is 24.8. The second-order valence-electron chi connectivity index (χ2n) is 10.5. The molecule has 2 aromatic rings. The minimum absolute atomic E-state index is 0.0489. The second-order valence-corrected chi connectivity index (χ2v) is 10.5. The number of carbonyl (C=O) groups is 2. The number of phenolic OH excluding ortho intramolecular Hbond substituents is 1. The highest BCUT2D eigenvalue weighted by Gasteiger charge is 2.49. The molecule has 2 fully saturated rings. The number of amides is 1. The number of aliphatic hydroxyl groups excluding tert-OH is 1. The third-order valence-electron chi connectivity index (χ3n) is 6.99. The number of nitrogens with zero attached hydrogens (tertiary/aromatic N) is 1. The normalized spacial score (nSPS) is 20.9. The van der Waals surface area contributed by atoms with Gasteiger partial charge in [-0.3, -0.25) is 9.59 Å². The maximum Gasteiger partial charge on any atom is 0.295 e. The molecule has 0 bridgehead atoms. The zero-order valence-electron chi connectivity index (χ0n) is 21.0. The van der Waals surface area contributed by atoms with Gasteiger partial charge in [-0.1, -0.05) is 52.2 Å². The average molecular weight is 478 g/mol. The number of likely N-dealkylation sites (tertiary alicyclic amines) is 1. The van der Waals surface area contributed by atoms with Gasteiger partial charge >= 0.3 is 0 Å². The molecule has 0 spiro atoms. The monoisotopic (exact) mass is 477 g/mol. The molecule has 0 aromatic heterocycles. The molecule has 1 saturated carbocycles. The summed E-state index contributed by atoms with van der Waals surface area (Å²) in [6.07, 6.45) is 4.74. The van der Waals surface area contributed by atoms with Gasteiger partial charge in [0.25, 0.3) is 11.7 Å². The summed E-state index contributed by atoms with van der Waals surface area (Å²) in [6.45, 7) is 8.61. The molecule has 35 heavy (non-hydrogen) atoms. The number of ether oxygens (including phenoxy) is 1. The fraction of sp³-hybridized carbons (Fsp3) is 0.448. The van der Waals surface area contributed by atoms with Crippen molar-refractivity contribution in [2.24, 2.45) is 0 Å². The maximum absolute atomic E-state index is 13.4. The van der Waals surface area contributed by atoms with Crippen LogP contribution in [0, 0.1) is 0 Å². The van der Waals surface area contributed by atoms with Crippen LogP contribution in [-0.4, -0.2) is 39.5 Å². The summed E-state index contributed by atoms with van der Waals surface area (Å²) >= 11 is 0. The SMILES string of the molecule is CCOc1ccc(/C(O)=C2/C(=O)C(=O)N(C3CCCCC3)C2c2cccc(O)c2)cc1C(C)(C)C. The van der Waals surface area contributed by atoms with Gasteiger partial charge in [0.05, 0.1) is 18.2 Å². The Kier molecular flexibility index (Phi) is 6.93. The van der Waals surface area contributed by atoms with Crippen LogP contribution in [0.4, 0.5) is 0 Å². The number of Topliss-reactive ketones (excluding diaryl/α,β-unsaturated/α-hetero) is 1. The van der Waals surface area contributed by atoms with Gasteiger partial charge in [0, 0.05) is 17.2 Å². The van der Waals surface area contributed by atoms with Crippen molar-refractivity contribution in [2.45, 2.75) is 77.3 Å². The van der Waals surface area contributed by atoms with E-state index in [0.717, 1.165) is 43.4 Å². The van der Waals surface area contributed by atoms with Gasteiger partial charge in [0.15, 0.2) is 0 Å². The smallest absolute Gasteiger partial charge is 0.295 e. The van der Waals surface area contributed by atoms with Crippen LogP contribution in [0.2, 0.25) is 0 Å². The molecule has 2 aliphatic rings. The van der Waals surface area contributed by atoms with Gasteiger partial charge in [-0.15, -0.1) is 0 Å². The Balaban J connectivity index is 1.89. The van der Waals surface area contributed by atoms with Crippen LogP contribution in [0.25, 0.3) is 5.76 Å². The fourth-order valence-electron chi connectivity index (χ4n) is 5.31. The van der Waals surface area contributed by atoms with Crippen LogP contribution in [0.1, 0.15) is 82.5 Å². The lowest BCUT2D eigenvalue weighted by Gasteiger charge is -2.35. The summed E-state index contributed by atoms with van der Waals surface area (Å²) in [5.41, 5.74) is 1.78. The lowest BCUT2D eigenvalue weighted by atomic mass is 9.84. The zero-order valence-corrected chi connectivity index (χ0v) is 21.0. The number of hydrogen-bond acceptors (Lipinski definition) is 5. The van der Waals surface area contributed by atoms with Crippen molar-refractivity contribution in [3.05, 3.63) is 64.7 Å². The van der Waals surface area contributed by atoms with E-state index >= 15 is 0 Å². The van der Waals surface area contributed by atoms with Crippen molar-refractivity contribution in [2.75, 3.05) is 6.61 Å². The number of ketones is 1. The van der Waals surface area contributed by atoms with Gasteiger partial charge in [0.1, 0.15) is 17.3 Å². The molecule has 1 aliphatic heterocycles. The molecule has 0 radical (unpaired) electrons.